The summed E-state index contributed by atoms with van der Waals surface area (Å²) in [5, 5.41) is 3.18. The van der Waals surface area contributed by atoms with Crippen molar-refractivity contribution in [2.24, 2.45) is 0 Å². The molecule has 10 heavy (non-hydrogen) atoms. The first-order valence-electron chi connectivity index (χ1n) is 3.81. The molecule has 1 aliphatic heterocycles. The van der Waals surface area contributed by atoms with Gasteiger partial charge in [-0.15, -0.1) is 0 Å². The van der Waals surface area contributed by atoms with Crippen molar-refractivity contribution in [3.05, 3.63) is 0 Å². The predicted octanol–water partition coefficient (Wildman–Crippen LogP) is 0.250. The maximum atomic E-state index is 11.7. The standard InChI is InChI=1S/C7H15FN2/c1-10(4-2-3-8)7-5-9-6-7/h7,9H,2-6H2,1H3. The molecule has 60 valence electrons. The van der Waals surface area contributed by atoms with Gasteiger partial charge >= 0.3 is 0 Å². The van der Waals surface area contributed by atoms with E-state index in [-0.39, 0.29) is 6.67 Å². The van der Waals surface area contributed by atoms with E-state index in [1.165, 1.54) is 0 Å². The lowest BCUT2D eigenvalue weighted by Gasteiger charge is -2.35. The van der Waals surface area contributed by atoms with Crippen molar-refractivity contribution < 1.29 is 4.39 Å². The van der Waals surface area contributed by atoms with E-state index in [0.29, 0.717) is 12.5 Å². The summed E-state index contributed by atoms with van der Waals surface area (Å²) < 4.78 is 11.7. The van der Waals surface area contributed by atoms with E-state index in [0.717, 1.165) is 19.6 Å². The Hall–Kier alpha value is -0.150. The summed E-state index contributed by atoms with van der Waals surface area (Å²) in [6.07, 6.45) is 0.674. The van der Waals surface area contributed by atoms with Crippen LogP contribution in [0.2, 0.25) is 0 Å². The number of halogens is 1. The van der Waals surface area contributed by atoms with Gasteiger partial charge in [-0.2, -0.15) is 0 Å². The molecule has 0 bridgehead atoms. The van der Waals surface area contributed by atoms with Gasteiger partial charge in [0.05, 0.1) is 6.67 Å². The van der Waals surface area contributed by atoms with E-state index >= 15 is 0 Å². The SMILES string of the molecule is CN(CCCF)C1CNC1. The Kier molecular flexibility index (Phi) is 3.09. The summed E-state index contributed by atoms with van der Waals surface area (Å²) in [7, 11) is 2.06. The van der Waals surface area contributed by atoms with Crippen molar-refractivity contribution in [3.8, 4) is 0 Å². The highest BCUT2D eigenvalue weighted by Gasteiger charge is 2.20. The normalized spacial score (nSPS) is 19.5. The molecule has 3 heteroatoms. The summed E-state index contributed by atoms with van der Waals surface area (Å²) in [5.74, 6) is 0. The first-order chi connectivity index (χ1) is 4.84. The minimum atomic E-state index is -0.190. The highest BCUT2D eigenvalue weighted by molar-refractivity contribution is 4.82. The van der Waals surface area contributed by atoms with Crippen LogP contribution in [0, 0.1) is 0 Å². The van der Waals surface area contributed by atoms with E-state index in [1.807, 2.05) is 0 Å². The number of nitrogens with zero attached hydrogens (tertiary/aromatic N) is 1. The zero-order valence-electron chi connectivity index (χ0n) is 6.44. The van der Waals surface area contributed by atoms with Gasteiger partial charge in [0, 0.05) is 25.7 Å². The Bertz CT molecular complexity index is 93.6. The third-order valence-corrected chi connectivity index (χ3v) is 2.03. The fourth-order valence-electron chi connectivity index (χ4n) is 1.08. The Morgan fingerprint density at radius 3 is 2.70 bits per heavy atom. The van der Waals surface area contributed by atoms with E-state index in [1.54, 1.807) is 0 Å². The molecule has 0 aromatic rings. The molecule has 0 saturated carbocycles. The van der Waals surface area contributed by atoms with E-state index in [2.05, 4.69) is 17.3 Å². The van der Waals surface area contributed by atoms with Gasteiger partial charge in [0.2, 0.25) is 0 Å². The number of hydrogen-bond donors (Lipinski definition) is 1. The third-order valence-electron chi connectivity index (χ3n) is 2.03. The number of alkyl halides is 1. The lowest BCUT2D eigenvalue weighted by molar-refractivity contribution is 0.174. The molecule has 1 aliphatic rings. The van der Waals surface area contributed by atoms with E-state index in [4.69, 9.17) is 0 Å². The summed E-state index contributed by atoms with van der Waals surface area (Å²) in [6.45, 7) is 2.85. The fourth-order valence-corrected chi connectivity index (χ4v) is 1.08. The van der Waals surface area contributed by atoms with Crippen molar-refractivity contribution in [2.75, 3.05) is 33.4 Å². The molecule has 1 fully saturated rings. The first kappa shape index (κ1) is 7.95. The zero-order valence-corrected chi connectivity index (χ0v) is 6.44. The van der Waals surface area contributed by atoms with Gasteiger partial charge in [0.1, 0.15) is 0 Å². The molecule has 1 saturated heterocycles. The molecule has 1 heterocycles. The molecule has 0 aromatic carbocycles. The minimum Gasteiger partial charge on any atom is -0.314 e. The quantitative estimate of drug-likeness (QED) is 0.611. The second-order valence-corrected chi connectivity index (χ2v) is 2.84. The van der Waals surface area contributed by atoms with Crippen LogP contribution in [0.25, 0.3) is 0 Å². The maximum absolute atomic E-state index is 11.7. The van der Waals surface area contributed by atoms with Gasteiger partial charge in [-0.1, -0.05) is 0 Å². The smallest absolute Gasteiger partial charge is 0.0906 e. The fraction of sp³-hybridized carbons (Fsp3) is 1.00. The summed E-state index contributed by atoms with van der Waals surface area (Å²) in [5.41, 5.74) is 0. The topological polar surface area (TPSA) is 15.3 Å². The zero-order chi connectivity index (χ0) is 7.40. The number of nitrogens with one attached hydrogen (secondary N) is 1. The van der Waals surface area contributed by atoms with Crippen LogP contribution >= 0.6 is 0 Å². The highest BCUT2D eigenvalue weighted by atomic mass is 19.1. The van der Waals surface area contributed by atoms with Crippen LogP contribution in [0.3, 0.4) is 0 Å². The summed E-state index contributed by atoms with van der Waals surface area (Å²) >= 11 is 0. The Morgan fingerprint density at radius 2 is 2.30 bits per heavy atom. The molecule has 0 radical (unpaired) electrons. The molecular weight excluding hydrogens is 131 g/mol. The maximum Gasteiger partial charge on any atom is 0.0906 e. The molecule has 0 amide bonds. The van der Waals surface area contributed by atoms with Crippen LogP contribution in [-0.4, -0.2) is 44.3 Å². The molecule has 0 spiro atoms. The van der Waals surface area contributed by atoms with Gasteiger partial charge in [0.15, 0.2) is 0 Å². The summed E-state index contributed by atoms with van der Waals surface area (Å²) in [6, 6.07) is 0.659. The Morgan fingerprint density at radius 1 is 1.60 bits per heavy atom. The average molecular weight is 146 g/mol. The largest absolute Gasteiger partial charge is 0.314 e. The lowest BCUT2D eigenvalue weighted by atomic mass is 10.1. The van der Waals surface area contributed by atoms with Crippen LogP contribution < -0.4 is 5.32 Å². The van der Waals surface area contributed by atoms with Crippen LogP contribution in [0.4, 0.5) is 4.39 Å². The Balaban J connectivity index is 2.02. The minimum absolute atomic E-state index is 0.190. The van der Waals surface area contributed by atoms with Crippen molar-refractivity contribution in [3.63, 3.8) is 0 Å². The highest BCUT2D eigenvalue weighted by Crippen LogP contribution is 2.01. The van der Waals surface area contributed by atoms with Gasteiger partial charge in [-0.25, -0.2) is 0 Å². The van der Waals surface area contributed by atoms with Gasteiger partial charge in [-0.3, -0.25) is 4.39 Å². The van der Waals surface area contributed by atoms with Crippen LogP contribution in [0.1, 0.15) is 6.42 Å². The summed E-state index contributed by atoms with van der Waals surface area (Å²) in [4.78, 5) is 2.22. The van der Waals surface area contributed by atoms with E-state index in [9.17, 15) is 4.39 Å². The average Bonchev–Trinajstić information content (AvgIpc) is 1.79. The number of hydrogen-bond acceptors (Lipinski definition) is 2. The van der Waals surface area contributed by atoms with Crippen molar-refractivity contribution in [1.82, 2.24) is 10.2 Å². The van der Waals surface area contributed by atoms with Crippen LogP contribution in [-0.2, 0) is 0 Å². The Labute approximate surface area is 61.4 Å². The van der Waals surface area contributed by atoms with Crippen molar-refractivity contribution >= 4 is 0 Å². The molecular formula is C7H15FN2. The van der Waals surface area contributed by atoms with Gasteiger partial charge in [0.25, 0.3) is 0 Å². The molecule has 1 rings (SSSR count). The molecule has 0 aromatic heterocycles. The molecule has 0 unspecified atom stereocenters. The van der Waals surface area contributed by atoms with Crippen molar-refractivity contribution in [1.29, 1.82) is 0 Å². The molecule has 0 atom stereocenters. The lowest BCUT2D eigenvalue weighted by Crippen LogP contribution is -2.56. The second kappa shape index (κ2) is 3.88. The van der Waals surface area contributed by atoms with Crippen LogP contribution in [0.5, 0.6) is 0 Å². The third kappa shape index (κ3) is 1.92. The van der Waals surface area contributed by atoms with Gasteiger partial charge in [-0.05, 0) is 13.5 Å². The number of rotatable bonds is 4. The monoisotopic (exact) mass is 146 g/mol. The second-order valence-electron chi connectivity index (χ2n) is 2.84. The number of likely N-dealkylation sites (N-methyl/N-ethyl adjacent to an activating group) is 1. The predicted molar refractivity (Wildman–Crippen MR) is 39.9 cm³/mol. The van der Waals surface area contributed by atoms with Crippen LogP contribution in [0.15, 0.2) is 0 Å². The molecule has 0 aliphatic carbocycles. The van der Waals surface area contributed by atoms with Crippen molar-refractivity contribution in [2.45, 2.75) is 12.5 Å². The molecule has 2 nitrogen and oxygen atoms in total. The van der Waals surface area contributed by atoms with E-state index < -0.39 is 0 Å². The van der Waals surface area contributed by atoms with Gasteiger partial charge < -0.3 is 10.2 Å². The first-order valence-corrected chi connectivity index (χ1v) is 3.81. The molecule has 1 N–H and O–H groups in total.